The van der Waals surface area contributed by atoms with Gasteiger partial charge in [0, 0.05) is 24.3 Å². The summed E-state index contributed by atoms with van der Waals surface area (Å²) in [6.45, 7) is 3.25. The van der Waals surface area contributed by atoms with Crippen LogP contribution in [0.3, 0.4) is 0 Å². The molecule has 1 fully saturated rings. The third-order valence-electron chi connectivity index (χ3n) is 6.21. The largest absolute Gasteiger partial charge is 0.334 e. The number of nitrogens with one attached hydrogen (secondary N) is 1. The third-order valence-corrected chi connectivity index (χ3v) is 8.11. The van der Waals surface area contributed by atoms with Crippen molar-refractivity contribution in [3.05, 3.63) is 95.6 Å². The SMILES string of the molecule is CCCN(Cc1ccccc1)C(=O)c1ccc(NC(=O)Cc2ccc(S(=O)(=O)CC3CC3)cc2)cc1. The second-order valence-electron chi connectivity index (χ2n) is 9.38. The molecule has 0 saturated heterocycles. The van der Waals surface area contributed by atoms with Crippen LogP contribution in [0.15, 0.2) is 83.8 Å². The molecule has 2 amide bonds. The van der Waals surface area contributed by atoms with Gasteiger partial charge in [-0.25, -0.2) is 8.42 Å². The van der Waals surface area contributed by atoms with E-state index >= 15 is 0 Å². The van der Waals surface area contributed by atoms with E-state index in [9.17, 15) is 18.0 Å². The van der Waals surface area contributed by atoms with Gasteiger partial charge in [0.25, 0.3) is 5.91 Å². The van der Waals surface area contributed by atoms with E-state index in [0.717, 1.165) is 30.4 Å². The lowest BCUT2D eigenvalue weighted by atomic mass is 10.1. The molecule has 3 aromatic rings. The van der Waals surface area contributed by atoms with Crippen LogP contribution in [0, 0.1) is 5.92 Å². The Labute approximate surface area is 213 Å². The number of rotatable bonds is 11. The second-order valence-corrected chi connectivity index (χ2v) is 11.4. The molecule has 0 heterocycles. The fraction of sp³-hybridized carbons (Fsp3) is 0.310. The van der Waals surface area contributed by atoms with Crippen molar-refractivity contribution in [2.45, 2.75) is 44.0 Å². The summed E-state index contributed by atoms with van der Waals surface area (Å²) in [7, 11) is -3.26. The number of nitrogens with zero attached hydrogens (tertiary/aromatic N) is 1. The maximum absolute atomic E-state index is 13.1. The highest BCUT2D eigenvalue weighted by molar-refractivity contribution is 7.91. The lowest BCUT2D eigenvalue weighted by Gasteiger charge is -2.22. The molecule has 0 spiro atoms. The van der Waals surface area contributed by atoms with E-state index in [1.807, 2.05) is 42.2 Å². The quantitative estimate of drug-likeness (QED) is 0.394. The van der Waals surface area contributed by atoms with Crippen molar-refractivity contribution >= 4 is 27.3 Å². The van der Waals surface area contributed by atoms with E-state index in [1.165, 1.54) is 0 Å². The molecule has 0 aliphatic heterocycles. The smallest absolute Gasteiger partial charge is 0.254 e. The summed E-state index contributed by atoms with van der Waals surface area (Å²) in [6.07, 6.45) is 2.96. The summed E-state index contributed by atoms with van der Waals surface area (Å²) in [5, 5.41) is 2.85. The van der Waals surface area contributed by atoms with E-state index in [4.69, 9.17) is 0 Å². The molecule has 6 nitrogen and oxygen atoms in total. The molecule has 0 bridgehead atoms. The molecule has 0 aromatic heterocycles. The van der Waals surface area contributed by atoms with Crippen molar-refractivity contribution in [2.24, 2.45) is 5.92 Å². The third kappa shape index (κ3) is 7.04. The molecule has 7 heteroatoms. The first kappa shape index (κ1) is 25.6. The van der Waals surface area contributed by atoms with Gasteiger partial charge < -0.3 is 10.2 Å². The van der Waals surface area contributed by atoms with E-state index in [2.05, 4.69) is 5.32 Å². The molecule has 1 saturated carbocycles. The molecular weight excluding hydrogens is 472 g/mol. The molecule has 0 radical (unpaired) electrons. The zero-order valence-electron chi connectivity index (χ0n) is 20.5. The Morgan fingerprint density at radius 2 is 1.56 bits per heavy atom. The highest BCUT2D eigenvalue weighted by Gasteiger charge is 2.29. The predicted molar refractivity (Wildman–Crippen MR) is 141 cm³/mol. The fourth-order valence-electron chi connectivity index (χ4n) is 4.10. The summed E-state index contributed by atoms with van der Waals surface area (Å²) in [5.74, 6) is 0.240. The number of hydrogen-bond acceptors (Lipinski definition) is 4. The number of hydrogen-bond donors (Lipinski definition) is 1. The van der Waals surface area contributed by atoms with Crippen LogP contribution in [0.2, 0.25) is 0 Å². The van der Waals surface area contributed by atoms with E-state index in [1.54, 1.807) is 48.5 Å². The number of sulfone groups is 1. The second kappa shape index (κ2) is 11.5. The lowest BCUT2D eigenvalue weighted by Crippen LogP contribution is -2.31. The lowest BCUT2D eigenvalue weighted by molar-refractivity contribution is -0.115. The van der Waals surface area contributed by atoms with Crippen LogP contribution in [0.1, 0.15) is 47.7 Å². The van der Waals surface area contributed by atoms with E-state index in [0.29, 0.717) is 35.2 Å². The molecule has 188 valence electrons. The van der Waals surface area contributed by atoms with Crippen LogP contribution in [0.5, 0.6) is 0 Å². The van der Waals surface area contributed by atoms with Crippen LogP contribution in [0.25, 0.3) is 0 Å². The Hall–Kier alpha value is -3.45. The minimum atomic E-state index is -3.26. The summed E-state index contributed by atoms with van der Waals surface area (Å²) < 4.78 is 24.8. The molecule has 1 aliphatic rings. The Morgan fingerprint density at radius 3 is 2.17 bits per heavy atom. The average molecular weight is 505 g/mol. The van der Waals surface area contributed by atoms with Crippen LogP contribution in [0.4, 0.5) is 5.69 Å². The number of anilines is 1. The van der Waals surface area contributed by atoms with E-state index < -0.39 is 9.84 Å². The van der Waals surface area contributed by atoms with Crippen LogP contribution >= 0.6 is 0 Å². The normalized spacial score (nSPS) is 13.2. The number of carbonyl (C=O) groups is 2. The van der Waals surface area contributed by atoms with Crippen molar-refractivity contribution in [1.82, 2.24) is 4.90 Å². The Bertz CT molecular complexity index is 1280. The van der Waals surface area contributed by atoms with Gasteiger partial charge in [-0.3, -0.25) is 9.59 Å². The predicted octanol–water partition coefficient (Wildman–Crippen LogP) is 5.10. The first-order chi connectivity index (χ1) is 17.3. The van der Waals surface area contributed by atoms with Gasteiger partial charge in [0.1, 0.15) is 0 Å². The zero-order chi connectivity index (χ0) is 25.5. The molecule has 4 rings (SSSR count). The fourth-order valence-corrected chi connectivity index (χ4v) is 5.80. The maximum atomic E-state index is 13.1. The summed E-state index contributed by atoms with van der Waals surface area (Å²) in [4.78, 5) is 27.7. The van der Waals surface area contributed by atoms with Crippen molar-refractivity contribution in [3.8, 4) is 0 Å². The van der Waals surface area contributed by atoms with E-state index in [-0.39, 0.29) is 24.0 Å². The average Bonchev–Trinajstić information content (AvgIpc) is 3.68. The van der Waals surface area contributed by atoms with Gasteiger partial charge in [0.2, 0.25) is 5.91 Å². The van der Waals surface area contributed by atoms with Crippen molar-refractivity contribution < 1.29 is 18.0 Å². The Balaban J connectivity index is 1.33. The Morgan fingerprint density at radius 1 is 0.889 bits per heavy atom. The monoisotopic (exact) mass is 504 g/mol. The molecule has 36 heavy (non-hydrogen) atoms. The topological polar surface area (TPSA) is 83.6 Å². The molecule has 1 aliphatic carbocycles. The van der Waals surface area contributed by atoms with Gasteiger partial charge in [-0.1, -0.05) is 49.4 Å². The molecule has 0 atom stereocenters. The van der Waals surface area contributed by atoms with Gasteiger partial charge in [0.05, 0.1) is 17.1 Å². The van der Waals surface area contributed by atoms with Crippen LogP contribution < -0.4 is 5.32 Å². The molecule has 3 aromatic carbocycles. The van der Waals surface area contributed by atoms with Gasteiger partial charge in [0.15, 0.2) is 9.84 Å². The molecular formula is C29H32N2O4S. The number of carbonyl (C=O) groups excluding carboxylic acids is 2. The van der Waals surface area contributed by atoms with Gasteiger partial charge in [-0.2, -0.15) is 0 Å². The van der Waals surface area contributed by atoms with Crippen molar-refractivity contribution in [3.63, 3.8) is 0 Å². The molecule has 1 N–H and O–H groups in total. The standard InChI is InChI=1S/C29H32N2O4S/c1-2-18-31(20-23-6-4-3-5-7-23)29(33)25-12-14-26(15-13-25)30-28(32)19-22-10-16-27(17-11-22)36(34,35)21-24-8-9-24/h3-7,10-17,24H,2,8-9,18-21H2,1H3,(H,30,32). The summed E-state index contributed by atoms with van der Waals surface area (Å²) in [6, 6.07) is 23.4. The Kier molecular flexibility index (Phi) is 8.21. The van der Waals surface area contributed by atoms with Gasteiger partial charge in [-0.05, 0) is 72.7 Å². The van der Waals surface area contributed by atoms with Gasteiger partial charge in [-0.15, -0.1) is 0 Å². The highest BCUT2D eigenvalue weighted by atomic mass is 32.2. The zero-order valence-corrected chi connectivity index (χ0v) is 21.3. The summed E-state index contributed by atoms with van der Waals surface area (Å²) in [5.41, 5.74) is 2.99. The highest BCUT2D eigenvalue weighted by Crippen LogP contribution is 2.32. The first-order valence-electron chi connectivity index (χ1n) is 12.4. The van der Waals surface area contributed by atoms with Crippen molar-refractivity contribution in [1.29, 1.82) is 0 Å². The van der Waals surface area contributed by atoms with Gasteiger partial charge >= 0.3 is 0 Å². The van der Waals surface area contributed by atoms with Crippen LogP contribution in [-0.4, -0.2) is 37.4 Å². The first-order valence-corrected chi connectivity index (χ1v) is 14.0. The minimum absolute atomic E-state index is 0.0460. The maximum Gasteiger partial charge on any atom is 0.254 e. The molecule has 0 unspecified atom stereocenters. The summed E-state index contributed by atoms with van der Waals surface area (Å²) >= 11 is 0. The van der Waals surface area contributed by atoms with Crippen molar-refractivity contribution in [2.75, 3.05) is 17.6 Å². The number of benzene rings is 3. The number of amides is 2. The minimum Gasteiger partial charge on any atom is -0.334 e. The van der Waals surface area contributed by atoms with Crippen LogP contribution in [-0.2, 0) is 27.6 Å².